The number of alkyl halides is 1. The van der Waals surface area contributed by atoms with Crippen molar-refractivity contribution in [3.63, 3.8) is 0 Å². The number of rotatable bonds is 2. The van der Waals surface area contributed by atoms with Gasteiger partial charge in [-0.3, -0.25) is 0 Å². The molecule has 0 atom stereocenters. The molecule has 0 bridgehead atoms. The zero-order valence-electron chi connectivity index (χ0n) is 9.23. The van der Waals surface area contributed by atoms with Crippen LogP contribution in [0.15, 0.2) is 18.2 Å². The van der Waals surface area contributed by atoms with Gasteiger partial charge in [0.1, 0.15) is 5.75 Å². The number of hydrogen-bond donors (Lipinski definition) is 0. The van der Waals surface area contributed by atoms with E-state index in [2.05, 4.69) is 48.8 Å². The zero-order valence-corrected chi connectivity index (χ0v) is 10.8. The lowest BCUT2D eigenvalue weighted by Crippen LogP contribution is -2.11. The van der Waals surface area contributed by atoms with E-state index in [1.165, 1.54) is 11.1 Å². The maximum Gasteiger partial charge on any atom is 0.122 e. The predicted octanol–water partition coefficient (Wildman–Crippen LogP) is 3.89. The van der Waals surface area contributed by atoms with Gasteiger partial charge in [-0.25, -0.2) is 0 Å². The maximum absolute atomic E-state index is 5.27. The molecule has 14 heavy (non-hydrogen) atoms. The minimum Gasteiger partial charge on any atom is -0.496 e. The summed E-state index contributed by atoms with van der Waals surface area (Å²) in [5.41, 5.74) is 2.75. The number of hydrogen-bond acceptors (Lipinski definition) is 1. The van der Waals surface area contributed by atoms with Crippen molar-refractivity contribution in [2.24, 2.45) is 0 Å². The number of benzene rings is 1. The van der Waals surface area contributed by atoms with Crippen LogP contribution >= 0.6 is 15.9 Å². The highest BCUT2D eigenvalue weighted by Crippen LogP contribution is 2.28. The highest BCUT2D eigenvalue weighted by atomic mass is 79.9. The summed E-state index contributed by atoms with van der Waals surface area (Å²) in [6, 6.07) is 6.37. The minimum atomic E-state index is 0.198. The van der Waals surface area contributed by atoms with Crippen LogP contribution in [0.1, 0.15) is 31.9 Å². The Hall–Kier alpha value is -0.500. The predicted molar refractivity (Wildman–Crippen MR) is 64.3 cm³/mol. The molecule has 0 amide bonds. The van der Waals surface area contributed by atoms with Crippen LogP contribution in [0.2, 0.25) is 0 Å². The summed E-state index contributed by atoms with van der Waals surface area (Å²) in [6.07, 6.45) is 0. The van der Waals surface area contributed by atoms with Gasteiger partial charge in [0.05, 0.1) is 7.11 Å². The fourth-order valence-electron chi connectivity index (χ4n) is 1.35. The Morgan fingerprint density at radius 3 is 2.36 bits per heavy atom. The molecule has 0 aromatic heterocycles. The van der Waals surface area contributed by atoms with Crippen molar-refractivity contribution in [3.8, 4) is 5.75 Å². The first-order chi connectivity index (χ1) is 6.49. The van der Waals surface area contributed by atoms with Crippen molar-refractivity contribution in [3.05, 3.63) is 29.3 Å². The topological polar surface area (TPSA) is 9.23 Å². The molecule has 0 unspecified atom stereocenters. The van der Waals surface area contributed by atoms with Gasteiger partial charge in [-0.05, 0) is 17.0 Å². The smallest absolute Gasteiger partial charge is 0.122 e. The Labute approximate surface area is 94.6 Å². The molecule has 0 saturated heterocycles. The SMILES string of the molecule is COc1ccc(C(C)(C)C)cc1CBr. The number of ether oxygens (including phenoxy) is 1. The van der Waals surface area contributed by atoms with Crippen molar-refractivity contribution >= 4 is 15.9 Å². The van der Waals surface area contributed by atoms with Gasteiger partial charge >= 0.3 is 0 Å². The average molecular weight is 257 g/mol. The Kier molecular flexibility index (Phi) is 3.59. The van der Waals surface area contributed by atoms with Crippen molar-refractivity contribution in [1.29, 1.82) is 0 Å². The molecule has 0 aliphatic heterocycles. The lowest BCUT2D eigenvalue weighted by Gasteiger charge is -2.20. The Morgan fingerprint density at radius 2 is 1.93 bits per heavy atom. The quantitative estimate of drug-likeness (QED) is 0.730. The standard InChI is InChI=1S/C12H17BrO/c1-12(2,3)10-5-6-11(14-4)9(7-10)8-13/h5-7H,8H2,1-4H3. The molecule has 0 fully saturated rings. The van der Waals surface area contributed by atoms with Crippen molar-refractivity contribution in [2.75, 3.05) is 7.11 Å². The zero-order chi connectivity index (χ0) is 10.8. The summed E-state index contributed by atoms with van der Waals surface area (Å²) < 4.78 is 5.27. The molecule has 0 heterocycles. The van der Waals surface area contributed by atoms with E-state index in [4.69, 9.17) is 4.74 Å². The van der Waals surface area contributed by atoms with E-state index in [0.717, 1.165) is 11.1 Å². The van der Waals surface area contributed by atoms with E-state index in [0.29, 0.717) is 0 Å². The Bertz CT molecular complexity index is 313. The molecule has 2 heteroatoms. The number of methoxy groups -OCH3 is 1. The van der Waals surface area contributed by atoms with Crippen LogP contribution < -0.4 is 4.74 Å². The van der Waals surface area contributed by atoms with Crippen LogP contribution in [0.5, 0.6) is 5.75 Å². The molecule has 0 radical (unpaired) electrons. The fourth-order valence-corrected chi connectivity index (χ4v) is 1.79. The third kappa shape index (κ3) is 2.50. The van der Waals surface area contributed by atoms with Crippen molar-refractivity contribution in [2.45, 2.75) is 31.5 Å². The highest BCUT2D eigenvalue weighted by Gasteiger charge is 2.15. The third-order valence-electron chi connectivity index (χ3n) is 2.29. The molecule has 78 valence electrons. The second-order valence-corrected chi connectivity index (χ2v) is 4.97. The monoisotopic (exact) mass is 256 g/mol. The maximum atomic E-state index is 5.27. The second kappa shape index (κ2) is 4.35. The molecular weight excluding hydrogens is 240 g/mol. The molecule has 0 spiro atoms. The van der Waals surface area contributed by atoms with Crippen LogP contribution in [0.25, 0.3) is 0 Å². The summed E-state index contributed by atoms with van der Waals surface area (Å²) in [5, 5.41) is 0.833. The first-order valence-corrected chi connectivity index (χ1v) is 5.84. The first-order valence-electron chi connectivity index (χ1n) is 4.72. The van der Waals surface area contributed by atoms with Crippen LogP contribution in [0.4, 0.5) is 0 Å². The molecule has 1 aromatic carbocycles. The van der Waals surface area contributed by atoms with E-state index in [1.54, 1.807) is 7.11 Å². The summed E-state index contributed by atoms with van der Waals surface area (Å²) in [7, 11) is 1.71. The summed E-state index contributed by atoms with van der Waals surface area (Å²) in [5.74, 6) is 0.954. The van der Waals surface area contributed by atoms with E-state index in [9.17, 15) is 0 Å². The normalized spacial score (nSPS) is 11.5. The van der Waals surface area contributed by atoms with Crippen LogP contribution in [0, 0.1) is 0 Å². The van der Waals surface area contributed by atoms with Gasteiger partial charge in [0.25, 0.3) is 0 Å². The van der Waals surface area contributed by atoms with Gasteiger partial charge < -0.3 is 4.74 Å². The highest BCUT2D eigenvalue weighted by molar-refractivity contribution is 9.08. The third-order valence-corrected chi connectivity index (χ3v) is 2.89. The van der Waals surface area contributed by atoms with Gasteiger partial charge in [0, 0.05) is 10.9 Å². The van der Waals surface area contributed by atoms with Crippen molar-refractivity contribution < 1.29 is 4.74 Å². The summed E-state index contributed by atoms with van der Waals surface area (Å²) >= 11 is 3.47. The van der Waals surface area contributed by atoms with Gasteiger partial charge in [-0.1, -0.05) is 48.8 Å². The molecule has 0 N–H and O–H groups in total. The van der Waals surface area contributed by atoms with Gasteiger partial charge in [-0.15, -0.1) is 0 Å². The van der Waals surface area contributed by atoms with Gasteiger partial charge in [0.15, 0.2) is 0 Å². The van der Waals surface area contributed by atoms with Crippen LogP contribution in [-0.2, 0) is 10.7 Å². The van der Waals surface area contributed by atoms with Gasteiger partial charge in [-0.2, -0.15) is 0 Å². The average Bonchev–Trinajstić information content (AvgIpc) is 2.15. The van der Waals surface area contributed by atoms with Crippen molar-refractivity contribution in [1.82, 2.24) is 0 Å². The molecule has 0 saturated carbocycles. The van der Waals surface area contributed by atoms with E-state index < -0.39 is 0 Å². The fraction of sp³-hybridized carbons (Fsp3) is 0.500. The Balaban J connectivity index is 3.14. The number of halogens is 1. The summed E-state index contributed by atoms with van der Waals surface area (Å²) in [6.45, 7) is 6.65. The molecule has 1 rings (SSSR count). The van der Waals surface area contributed by atoms with Crippen LogP contribution in [0.3, 0.4) is 0 Å². The molecule has 0 aliphatic carbocycles. The first kappa shape index (κ1) is 11.6. The lowest BCUT2D eigenvalue weighted by molar-refractivity contribution is 0.410. The van der Waals surface area contributed by atoms with Gasteiger partial charge in [0.2, 0.25) is 0 Å². The van der Waals surface area contributed by atoms with E-state index in [1.807, 2.05) is 6.07 Å². The molecular formula is C12H17BrO. The minimum absolute atomic E-state index is 0.198. The summed E-state index contributed by atoms with van der Waals surface area (Å²) in [4.78, 5) is 0. The second-order valence-electron chi connectivity index (χ2n) is 4.41. The molecule has 1 aromatic rings. The molecule has 1 nitrogen and oxygen atoms in total. The van der Waals surface area contributed by atoms with Crippen LogP contribution in [-0.4, -0.2) is 7.11 Å². The largest absolute Gasteiger partial charge is 0.496 e. The van der Waals surface area contributed by atoms with E-state index in [-0.39, 0.29) is 5.41 Å². The van der Waals surface area contributed by atoms with E-state index >= 15 is 0 Å². The molecule has 0 aliphatic rings. The lowest BCUT2D eigenvalue weighted by atomic mass is 9.86. The Morgan fingerprint density at radius 1 is 1.29 bits per heavy atom.